The van der Waals surface area contributed by atoms with Crippen molar-refractivity contribution in [3.63, 3.8) is 0 Å². The van der Waals surface area contributed by atoms with Gasteiger partial charge in [0.1, 0.15) is 65.8 Å². The Balaban J connectivity index is 0.000000330. The maximum atomic E-state index is 11.6. The molecule has 0 radical (unpaired) electrons. The van der Waals surface area contributed by atoms with Gasteiger partial charge in [-0.05, 0) is 73.5 Å². The Labute approximate surface area is 444 Å². The zero-order valence-electron chi connectivity index (χ0n) is 44.4. The lowest BCUT2D eigenvalue weighted by molar-refractivity contribution is 0.0530. The second kappa shape index (κ2) is 32.5. The molecule has 21 heteroatoms. The highest BCUT2D eigenvalue weighted by molar-refractivity contribution is 6.02. The van der Waals surface area contributed by atoms with E-state index in [1.54, 1.807) is 57.6 Å². The predicted octanol–water partition coefficient (Wildman–Crippen LogP) is 8.18. The molecule has 410 valence electrons. The lowest BCUT2D eigenvalue weighted by Crippen LogP contribution is -2.08. The number of carbonyl (C=O) groups is 8. The quantitative estimate of drug-likeness (QED) is 0.0375. The Hall–Kier alpha value is -9.66. The van der Waals surface area contributed by atoms with E-state index >= 15 is 0 Å². The monoisotopic (exact) mass is 1070 g/mol. The lowest BCUT2D eigenvalue weighted by Gasteiger charge is -2.12. The molecule has 0 atom stereocenters. The second-order valence-electron chi connectivity index (χ2n) is 15.1. The van der Waals surface area contributed by atoms with Gasteiger partial charge in [-0.1, -0.05) is 25.3 Å². The first-order valence-corrected chi connectivity index (χ1v) is 22.4. The maximum Gasteiger partial charge on any atom is 0.339 e. The van der Waals surface area contributed by atoms with E-state index in [0.29, 0.717) is 76.5 Å². The van der Waals surface area contributed by atoms with Crippen LogP contribution in [0.3, 0.4) is 0 Å². The predicted molar refractivity (Wildman–Crippen MR) is 278 cm³/mol. The minimum atomic E-state index is -0.702. The molecular formula is C56H60O21. The number of phenolic OH excluding ortho intramolecular Hbond substituents is 1. The topological polar surface area (TPSA) is 268 Å². The van der Waals surface area contributed by atoms with Gasteiger partial charge in [0.2, 0.25) is 0 Å². The van der Waals surface area contributed by atoms with Crippen molar-refractivity contribution < 1.29 is 100 Å². The van der Waals surface area contributed by atoms with Crippen LogP contribution in [0.15, 0.2) is 92.0 Å². The van der Waals surface area contributed by atoms with Gasteiger partial charge in [-0.3, -0.25) is 14.4 Å². The summed E-state index contributed by atoms with van der Waals surface area (Å²) in [5.41, 5.74) is 4.12. The lowest BCUT2D eigenvalue weighted by atomic mass is 10.0. The van der Waals surface area contributed by atoms with E-state index in [1.807, 2.05) is 13.0 Å². The average molecular weight is 1070 g/mol. The molecule has 21 nitrogen and oxygen atoms in total. The summed E-state index contributed by atoms with van der Waals surface area (Å²) in [5.74, 6) is 0.452. The molecule has 1 heterocycles. The van der Waals surface area contributed by atoms with Crippen molar-refractivity contribution in [1.29, 1.82) is 0 Å². The number of carbonyl (C=O) groups excluding carboxylic acids is 8. The molecule has 0 unspecified atom stereocenters. The first kappa shape index (κ1) is 63.5. The molecule has 0 amide bonds. The number of phenols is 1. The molecule has 1 N–H and O–H groups in total. The van der Waals surface area contributed by atoms with Crippen LogP contribution < -0.4 is 33.2 Å². The zero-order valence-corrected chi connectivity index (χ0v) is 44.4. The van der Waals surface area contributed by atoms with Gasteiger partial charge in [-0.15, -0.1) is 0 Å². The van der Waals surface area contributed by atoms with E-state index in [2.05, 4.69) is 32.1 Å². The highest BCUT2D eigenvalue weighted by Crippen LogP contribution is 2.34. The van der Waals surface area contributed by atoms with Gasteiger partial charge < -0.3 is 61.9 Å². The molecular weight excluding hydrogens is 1010 g/mol. The summed E-state index contributed by atoms with van der Waals surface area (Å²) in [7, 11) is 12.5. The van der Waals surface area contributed by atoms with E-state index in [9.17, 15) is 43.5 Å². The molecule has 0 spiro atoms. The third-order valence-electron chi connectivity index (χ3n) is 10.3. The Morgan fingerprint density at radius 2 is 0.935 bits per heavy atom. The van der Waals surface area contributed by atoms with E-state index in [-0.39, 0.29) is 70.2 Å². The number of aromatic hydroxyl groups is 1. The minimum absolute atomic E-state index is 0.0237. The SMILES string of the molecule is C=CCOc1cc(OC)cc(C(=O)OC)c1C=O.C=CCOc1cc(OC)cc2c1COC2=O.COC(=O)c1cc(C)cc(OC)c1.COC(=O)c1cc(OC)cc(C)c1C=O.COC(=O)c1cc(OC)cc(O)c1C=O. The summed E-state index contributed by atoms with van der Waals surface area (Å²) < 4.78 is 59.0. The minimum Gasteiger partial charge on any atom is -0.507 e. The summed E-state index contributed by atoms with van der Waals surface area (Å²) in [6, 6.07) is 17.4. The number of hydrogen-bond acceptors (Lipinski definition) is 21. The summed E-state index contributed by atoms with van der Waals surface area (Å²) >= 11 is 0. The Bertz CT molecular complexity index is 2840. The fourth-order valence-electron chi connectivity index (χ4n) is 6.50. The van der Waals surface area contributed by atoms with Crippen molar-refractivity contribution >= 4 is 48.7 Å². The van der Waals surface area contributed by atoms with E-state index in [0.717, 1.165) is 11.1 Å². The van der Waals surface area contributed by atoms with Gasteiger partial charge in [-0.2, -0.15) is 0 Å². The van der Waals surface area contributed by atoms with Gasteiger partial charge in [0.05, 0.1) is 103 Å². The number of rotatable bonds is 18. The molecule has 0 fully saturated rings. The smallest absolute Gasteiger partial charge is 0.339 e. The van der Waals surface area contributed by atoms with Gasteiger partial charge in [-0.25, -0.2) is 24.0 Å². The molecule has 1 aliphatic heterocycles. The van der Waals surface area contributed by atoms with Crippen LogP contribution >= 0.6 is 0 Å². The van der Waals surface area contributed by atoms with Crippen molar-refractivity contribution in [2.45, 2.75) is 20.5 Å². The van der Waals surface area contributed by atoms with Gasteiger partial charge in [0, 0.05) is 29.3 Å². The second-order valence-corrected chi connectivity index (χ2v) is 15.1. The number of hydrogen-bond donors (Lipinski definition) is 1. The number of methoxy groups -OCH3 is 9. The van der Waals surface area contributed by atoms with E-state index in [4.69, 9.17) is 37.9 Å². The van der Waals surface area contributed by atoms with Crippen molar-refractivity contribution in [2.24, 2.45) is 0 Å². The molecule has 0 saturated heterocycles. The highest BCUT2D eigenvalue weighted by Gasteiger charge is 2.26. The summed E-state index contributed by atoms with van der Waals surface area (Å²) in [6.07, 6.45) is 4.75. The van der Waals surface area contributed by atoms with Crippen LogP contribution in [0.5, 0.6) is 46.0 Å². The van der Waals surface area contributed by atoms with E-state index < -0.39 is 17.9 Å². The molecule has 0 aromatic heterocycles. The van der Waals surface area contributed by atoms with Crippen LogP contribution in [-0.4, -0.2) is 131 Å². The van der Waals surface area contributed by atoms with Crippen LogP contribution in [-0.2, 0) is 30.3 Å². The van der Waals surface area contributed by atoms with Crippen LogP contribution in [0.1, 0.15) is 99.6 Å². The Morgan fingerprint density at radius 1 is 0.519 bits per heavy atom. The number of esters is 5. The standard InChI is InChI=1S/C13H14O5.C12H12O4.C11H12O4.C10H10O5.C10H12O3/c1-4-5-18-12-7-9(16-2)6-10(11(12)8-14)13(15)17-3;1-3-4-15-11-6-8(14-2)5-9-10(11)7-16-12(9)13;1-7-4-8(14-2)5-9(10(7)6-12)11(13)15-3;1-14-6-3-7(10(13)15-2)8(5-11)9(12)4-6;1-7-4-8(10(11)13-3)6-9(5-7)12-2/h4,6-8H,1,5H2,2-3H3;3,5-6H,1,4,7H2,2H3;4-6H,1-3H3;3-5,12H,1-2H3;4-6H,1-3H3. The summed E-state index contributed by atoms with van der Waals surface area (Å²) in [5, 5.41) is 9.43. The first-order valence-electron chi connectivity index (χ1n) is 22.4. The molecule has 0 bridgehead atoms. The fraction of sp³-hybridized carbons (Fsp3) is 0.250. The molecule has 77 heavy (non-hydrogen) atoms. The van der Waals surface area contributed by atoms with Gasteiger partial charge in [0.15, 0.2) is 18.9 Å². The van der Waals surface area contributed by atoms with Crippen LogP contribution in [0.2, 0.25) is 0 Å². The summed E-state index contributed by atoms with van der Waals surface area (Å²) in [6.45, 7) is 11.6. The molecule has 5 aromatic rings. The summed E-state index contributed by atoms with van der Waals surface area (Å²) in [4.78, 5) is 89.3. The van der Waals surface area contributed by atoms with Crippen molar-refractivity contribution in [1.82, 2.24) is 0 Å². The molecule has 0 aliphatic carbocycles. The van der Waals surface area contributed by atoms with Crippen LogP contribution in [0.4, 0.5) is 0 Å². The maximum absolute atomic E-state index is 11.6. The largest absolute Gasteiger partial charge is 0.507 e. The number of cyclic esters (lactones) is 1. The Kier molecular flexibility index (Phi) is 26.8. The first-order chi connectivity index (χ1) is 36.9. The third kappa shape index (κ3) is 18.1. The van der Waals surface area contributed by atoms with E-state index in [1.165, 1.54) is 86.2 Å². The normalized spacial score (nSPS) is 10.2. The molecule has 0 saturated carbocycles. The number of aldehydes is 3. The van der Waals surface area contributed by atoms with Crippen molar-refractivity contribution in [3.05, 3.63) is 153 Å². The molecule has 5 aromatic carbocycles. The number of ether oxygens (including phenoxy) is 12. The fourth-order valence-corrected chi connectivity index (χ4v) is 6.50. The van der Waals surface area contributed by atoms with Gasteiger partial charge in [0.25, 0.3) is 0 Å². The number of benzene rings is 5. The van der Waals surface area contributed by atoms with Crippen molar-refractivity contribution in [2.75, 3.05) is 77.2 Å². The molecule has 6 rings (SSSR count). The zero-order chi connectivity index (χ0) is 57.8. The Morgan fingerprint density at radius 3 is 1.40 bits per heavy atom. The highest BCUT2D eigenvalue weighted by atomic mass is 16.6. The molecule has 1 aliphatic rings. The van der Waals surface area contributed by atoms with Gasteiger partial charge >= 0.3 is 29.8 Å². The van der Waals surface area contributed by atoms with Crippen LogP contribution in [0, 0.1) is 13.8 Å². The number of fused-ring (bicyclic) bond motifs is 1. The number of aryl methyl sites for hydroxylation is 2. The van der Waals surface area contributed by atoms with Crippen LogP contribution in [0.25, 0.3) is 0 Å². The average Bonchev–Trinajstić information content (AvgIpc) is 3.84. The third-order valence-corrected chi connectivity index (χ3v) is 10.3. The van der Waals surface area contributed by atoms with Crippen molar-refractivity contribution in [3.8, 4) is 46.0 Å².